The van der Waals surface area contributed by atoms with Gasteiger partial charge in [-0.05, 0) is 30.0 Å². The summed E-state index contributed by atoms with van der Waals surface area (Å²) in [4.78, 5) is 20.2. The van der Waals surface area contributed by atoms with Crippen LogP contribution in [0, 0.1) is 0 Å². The van der Waals surface area contributed by atoms with Crippen LogP contribution >= 0.6 is 0 Å². The van der Waals surface area contributed by atoms with Crippen LogP contribution in [0.15, 0.2) is 42.6 Å². The molecule has 0 aliphatic heterocycles. The Balaban J connectivity index is 1.78. The van der Waals surface area contributed by atoms with Gasteiger partial charge in [0.1, 0.15) is 5.82 Å². The first-order chi connectivity index (χ1) is 14.1. The van der Waals surface area contributed by atoms with Crippen LogP contribution in [0.2, 0.25) is 0 Å². The van der Waals surface area contributed by atoms with Crippen molar-refractivity contribution in [2.75, 3.05) is 0 Å². The highest BCUT2D eigenvalue weighted by atomic mass is 16.4. The van der Waals surface area contributed by atoms with Crippen molar-refractivity contribution in [2.24, 2.45) is 0 Å². The second kappa shape index (κ2) is 9.96. The number of carboxylic acids is 1. The first kappa shape index (κ1) is 20.7. The van der Waals surface area contributed by atoms with Crippen molar-refractivity contribution in [1.82, 2.24) is 19.7 Å². The molecule has 1 N–H and O–H groups in total. The normalized spacial score (nSPS) is 11.0. The number of aryl methyl sites for hydroxylation is 2. The van der Waals surface area contributed by atoms with Gasteiger partial charge in [-0.2, -0.15) is 5.10 Å². The lowest BCUT2D eigenvalue weighted by molar-refractivity contribution is 0.0691. The zero-order valence-corrected chi connectivity index (χ0v) is 17.1. The van der Waals surface area contributed by atoms with Crippen molar-refractivity contribution >= 4 is 5.97 Å². The number of carboxylic acid groups (broad SMARTS) is 1. The lowest BCUT2D eigenvalue weighted by Crippen LogP contribution is -2.06. The maximum Gasteiger partial charge on any atom is 0.355 e. The zero-order valence-electron chi connectivity index (χ0n) is 17.1. The molecule has 0 saturated carbocycles. The highest BCUT2D eigenvalue weighted by molar-refractivity contribution is 5.93. The number of nitrogens with zero attached hydrogens (tertiary/aromatic N) is 4. The summed E-state index contributed by atoms with van der Waals surface area (Å²) in [5.41, 5.74) is 2.66. The minimum absolute atomic E-state index is 0.0691. The molecule has 0 bridgehead atoms. The van der Waals surface area contributed by atoms with Crippen molar-refractivity contribution in [3.63, 3.8) is 0 Å². The Bertz CT molecular complexity index is 948. The van der Waals surface area contributed by atoms with Crippen molar-refractivity contribution in [3.8, 4) is 11.1 Å². The molecule has 2 heterocycles. The third-order valence-corrected chi connectivity index (χ3v) is 4.87. The summed E-state index contributed by atoms with van der Waals surface area (Å²) < 4.78 is 2.03. The Kier molecular flexibility index (Phi) is 7.11. The molecule has 0 aliphatic rings. The van der Waals surface area contributed by atoms with Gasteiger partial charge in [-0.25, -0.2) is 19.4 Å². The van der Waals surface area contributed by atoms with Crippen LogP contribution in [0.5, 0.6) is 0 Å². The van der Waals surface area contributed by atoms with E-state index in [0.717, 1.165) is 48.6 Å². The average Bonchev–Trinajstić information content (AvgIpc) is 3.10. The molecule has 0 atom stereocenters. The predicted molar refractivity (Wildman–Crippen MR) is 113 cm³/mol. The molecular weight excluding hydrogens is 364 g/mol. The van der Waals surface area contributed by atoms with Crippen LogP contribution in [-0.2, 0) is 19.4 Å². The quantitative estimate of drug-likeness (QED) is 0.503. The van der Waals surface area contributed by atoms with E-state index in [-0.39, 0.29) is 5.69 Å². The fourth-order valence-corrected chi connectivity index (χ4v) is 3.38. The number of aromatic nitrogens is 4. The second-order valence-corrected chi connectivity index (χ2v) is 7.20. The maximum absolute atomic E-state index is 11.4. The number of carbonyl (C=O) groups is 1. The molecule has 6 heteroatoms. The molecule has 0 unspecified atom stereocenters. The van der Waals surface area contributed by atoms with E-state index in [4.69, 9.17) is 10.1 Å². The molecule has 29 heavy (non-hydrogen) atoms. The van der Waals surface area contributed by atoms with E-state index < -0.39 is 5.97 Å². The van der Waals surface area contributed by atoms with Crippen LogP contribution in [0.4, 0.5) is 0 Å². The molecule has 0 radical (unpaired) electrons. The van der Waals surface area contributed by atoms with E-state index in [1.165, 1.54) is 19.0 Å². The molecule has 2 aromatic heterocycles. The monoisotopic (exact) mass is 392 g/mol. The number of aromatic carboxylic acids is 1. The van der Waals surface area contributed by atoms with Gasteiger partial charge in [0, 0.05) is 31.1 Å². The van der Waals surface area contributed by atoms with Crippen LogP contribution in [0.3, 0.4) is 0 Å². The summed E-state index contributed by atoms with van der Waals surface area (Å²) in [6.07, 6.45) is 7.66. The SMILES string of the molecule is CCCCCc1nc(Cc2ccc(-c3cccnc3C(=O)O)cc2)n(CCC)n1. The minimum atomic E-state index is -1.02. The number of hydrogen-bond acceptors (Lipinski definition) is 4. The summed E-state index contributed by atoms with van der Waals surface area (Å²) in [6.45, 7) is 5.21. The zero-order chi connectivity index (χ0) is 20.6. The molecule has 1 aromatic carbocycles. The number of benzene rings is 1. The van der Waals surface area contributed by atoms with Gasteiger partial charge < -0.3 is 5.11 Å². The molecule has 3 rings (SSSR count). The van der Waals surface area contributed by atoms with E-state index in [1.807, 2.05) is 28.9 Å². The standard InChI is InChI=1S/C23H28N4O2/c1-3-5-6-9-20-25-21(27(26-20)15-4-2)16-17-10-12-18(13-11-17)19-8-7-14-24-22(19)23(28)29/h7-8,10-14H,3-6,9,15-16H2,1-2H3,(H,28,29). The van der Waals surface area contributed by atoms with Gasteiger partial charge in [-0.1, -0.05) is 57.0 Å². The molecule has 0 amide bonds. The van der Waals surface area contributed by atoms with Crippen molar-refractivity contribution in [2.45, 2.75) is 58.9 Å². The largest absolute Gasteiger partial charge is 0.476 e. The highest BCUT2D eigenvalue weighted by Crippen LogP contribution is 2.23. The van der Waals surface area contributed by atoms with Crippen molar-refractivity contribution < 1.29 is 9.90 Å². The van der Waals surface area contributed by atoms with Gasteiger partial charge in [-0.15, -0.1) is 0 Å². The molecule has 0 aliphatic carbocycles. The van der Waals surface area contributed by atoms with Gasteiger partial charge in [0.2, 0.25) is 0 Å². The number of hydrogen-bond donors (Lipinski definition) is 1. The lowest BCUT2D eigenvalue weighted by Gasteiger charge is -2.07. The first-order valence-electron chi connectivity index (χ1n) is 10.3. The van der Waals surface area contributed by atoms with Crippen LogP contribution in [0.1, 0.15) is 67.2 Å². The molecular formula is C23H28N4O2. The van der Waals surface area contributed by atoms with Crippen molar-refractivity contribution in [1.29, 1.82) is 0 Å². The molecule has 0 saturated heterocycles. The van der Waals surface area contributed by atoms with Crippen LogP contribution in [0.25, 0.3) is 11.1 Å². The number of rotatable bonds is 10. The van der Waals surface area contributed by atoms with Crippen molar-refractivity contribution in [3.05, 3.63) is 65.5 Å². The van der Waals surface area contributed by atoms with Crippen LogP contribution < -0.4 is 0 Å². The second-order valence-electron chi connectivity index (χ2n) is 7.20. The average molecular weight is 393 g/mol. The first-order valence-corrected chi connectivity index (χ1v) is 10.3. The van der Waals surface area contributed by atoms with E-state index in [2.05, 4.69) is 18.8 Å². The van der Waals surface area contributed by atoms with Gasteiger partial charge in [-0.3, -0.25) is 0 Å². The Morgan fingerprint density at radius 1 is 1.07 bits per heavy atom. The Labute approximate surface area is 171 Å². The maximum atomic E-state index is 11.4. The fourth-order valence-electron chi connectivity index (χ4n) is 3.38. The van der Waals surface area contributed by atoms with Gasteiger partial charge in [0.25, 0.3) is 0 Å². The topological polar surface area (TPSA) is 80.9 Å². The summed E-state index contributed by atoms with van der Waals surface area (Å²) in [5.74, 6) is 0.895. The molecule has 152 valence electrons. The van der Waals surface area contributed by atoms with E-state index in [1.54, 1.807) is 12.1 Å². The smallest absolute Gasteiger partial charge is 0.355 e. The number of pyridine rings is 1. The Morgan fingerprint density at radius 2 is 1.86 bits per heavy atom. The Hall–Kier alpha value is -3.02. The predicted octanol–water partition coefficient (Wildman–Crippen LogP) is 4.77. The molecule has 3 aromatic rings. The van der Waals surface area contributed by atoms with E-state index >= 15 is 0 Å². The minimum Gasteiger partial charge on any atom is -0.476 e. The van der Waals surface area contributed by atoms with Gasteiger partial charge in [0.15, 0.2) is 11.5 Å². The van der Waals surface area contributed by atoms with Crippen LogP contribution in [-0.4, -0.2) is 30.8 Å². The lowest BCUT2D eigenvalue weighted by atomic mass is 10.0. The summed E-state index contributed by atoms with van der Waals surface area (Å²) in [5, 5.41) is 14.1. The third kappa shape index (κ3) is 5.28. The third-order valence-electron chi connectivity index (χ3n) is 4.87. The molecule has 6 nitrogen and oxygen atoms in total. The number of unbranched alkanes of at least 4 members (excludes halogenated alkanes) is 2. The summed E-state index contributed by atoms with van der Waals surface area (Å²) in [7, 11) is 0. The van der Waals surface area contributed by atoms with E-state index in [0.29, 0.717) is 12.0 Å². The van der Waals surface area contributed by atoms with E-state index in [9.17, 15) is 9.90 Å². The summed E-state index contributed by atoms with van der Waals surface area (Å²) in [6, 6.07) is 11.5. The summed E-state index contributed by atoms with van der Waals surface area (Å²) >= 11 is 0. The van der Waals surface area contributed by atoms with Gasteiger partial charge in [0.05, 0.1) is 0 Å². The highest BCUT2D eigenvalue weighted by Gasteiger charge is 2.14. The molecule has 0 fully saturated rings. The van der Waals surface area contributed by atoms with Gasteiger partial charge >= 0.3 is 5.97 Å². The molecule has 0 spiro atoms. The fraction of sp³-hybridized carbons (Fsp3) is 0.391. The Morgan fingerprint density at radius 3 is 2.55 bits per heavy atom.